The van der Waals surface area contributed by atoms with E-state index in [1.165, 1.54) is 6.92 Å². The first-order valence-corrected chi connectivity index (χ1v) is 4.90. The Balaban J connectivity index is 4.14. The van der Waals surface area contributed by atoms with Crippen molar-refractivity contribution >= 4 is 11.9 Å². The average molecular weight is 201 g/mol. The van der Waals surface area contributed by atoms with Crippen molar-refractivity contribution in [2.75, 3.05) is 13.2 Å². The highest BCUT2D eigenvalue weighted by Gasteiger charge is 2.23. The summed E-state index contributed by atoms with van der Waals surface area (Å²) in [6, 6.07) is 0. The summed E-state index contributed by atoms with van der Waals surface area (Å²) in [7, 11) is 0. The molecule has 0 aromatic rings. The number of rotatable bonds is 5. The van der Waals surface area contributed by atoms with Crippen molar-refractivity contribution in [3.63, 3.8) is 0 Å². The number of ether oxygens (including phenoxy) is 1. The maximum absolute atomic E-state index is 11.4. The smallest absolute Gasteiger partial charge is 0.310 e. The lowest BCUT2D eigenvalue weighted by Crippen LogP contribution is -2.35. The van der Waals surface area contributed by atoms with Gasteiger partial charge in [0.15, 0.2) is 0 Å². The number of carbonyl (C=O) groups is 2. The molecular weight excluding hydrogens is 182 g/mol. The summed E-state index contributed by atoms with van der Waals surface area (Å²) in [6.07, 6.45) is 0. The van der Waals surface area contributed by atoms with E-state index in [0.717, 1.165) is 0 Å². The maximum atomic E-state index is 11.4. The summed E-state index contributed by atoms with van der Waals surface area (Å²) in [4.78, 5) is 22.1. The Morgan fingerprint density at radius 1 is 1.36 bits per heavy atom. The molecule has 4 heteroatoms. The van der Waals surface area contributed by atoms with E-state index in [1.807, 2.05) is 13.8 Å². The summed E-state index contributed by atoms with van der Waals surface area (Å²) < 4.78 is 4.91. The average Bonchev–Trinajstić information content (AvgIpc) is 2.03. The van der Waals surface area contributed by atoms with Gasteiger partial charge in [0, 0.05) is 13.5 Å². The van der Waals surface area contributed by atoms with Crippen LogP contribution in [0.2, 0.25) is 0 Å². The lowest BCUT2D eigenvalue weighted by atomic mass is 9.96. The van der Waals surface area contributed by atoms with E-state index >= 15 is 0 Å². The van der Waals surface area contributed by atoms with E-state index in [1.54, 1.807) is 6.92 Å². The summed E-state index contributed by atoms with van der Waals surface area (Å²) in [5, 5.41) is 2.63. The van der Waals surface area contributed by atoms with E-state index in [4.69, 9.17) is 4.74 Å². The molecule has 1 atom stereocenters. The van der Waals surface area contributed by atoms with Gasteiger partial charge in [0.2, 0.25) is 5.91 Å². The van der Waals surface area contributed by atoms with Gasteiger partial charge in [-0.15, -0.1) is 0 Å². The largest absolute Gasteiger partial charge is 0.466 e. The molecule has 14 heavy (non-hydrogen) atoms. The van der Waals surface area contributed by atoms with Crippen molar-refractivity contribution in [3.8, 4) is 0 Å². The Kier molecular flexibility index (Phi) is 5.92. The second kappa shape index (κ2) is 6.40. The summed E-state index contributed by atoms with van der Waals surface area (Å²) >= 11 is 0. The molecule has 0 aromatic carbocycles. The lowest BCUT2D eigenvalue weighted by Gasteiger charge is -2.18. The molecule has 0 heterocycles. The monoisotopic (exact) mass is 201 g/mol. The first-order chi connectivity index (χ1) is 6.49. The Morgan fingerprint density at radius 3 is 2.29 bits per heavy atom. The SMILES string of the molecule is CCOC(=O)[C@@H](CNC(C)=O)C(C)C. The molecule has 0 aliphatic carbocycles. The summed E-state index contributed by atoms with van der Waals surface area (Å²) in [6.45, 7) is 7.80. The van der Waals surface area contributed by atoms with Gasteiger partial charge in [-0.1, -0.05) is 13.8 Å². The molecule has 0 radical (unpaired) electrons. The topological polar surface area (TPSA) is 55.4 Å². The fraction of sp³-hybridized carbons (Fsp3) is 0.800. The first-order valence-electron chi connectivity index (χ1n) is 4.90. The second-order valence-corrected chi connectivity index (χ2v) is 3.54. The Bertz CT molecular complexity index is 202. The van der Waals surface area contributed by atoms with Crippen LogP contribution in [-0.2, 0) is 14.3 Å². The highest BCUT2D eigenvalue weighted by atomic mass is 16.5. The maximum Gasteiger partial charge on any atom is 0.310 e. The molecular formula is C10H19NO3. The molecule has 4 nitrogen and oxygen atoms in total. The molecule has 0 aromatic heterocycles. The van der Waals surface area contributed by atoms with Crippen molar-refractivity contribution in [3.05, 3.63) is 0 Å². The predicted molar refractivity (Wildman–Crippen MR) is 53.6 cm³/mol. The third kappa shape index (κ3) is 4.84. The summed E-state index contributed by atoms with van der Waals surface area (Å²) in [5.41, 5.74) is 0. The van der Waals surface area contributed by atoms with E-state index in [0.29, 0.717) is 13.2 Å². The number of amides is 1. The second-order valence-electron chi connectivity index (χ2n) is 3.54. The standard InChI is InChI=1S/C10H19NO3/c1-5-14-10(13)9(7(2)3)6-11-8(4)12/h7,9H,5-6H2,1-4H3,(H,11,12)/t9-/m0/s1. The van der Waals surface area contributed by atoms with Gasteiger partial charge in [0.1, 0.15) is 0 Å². The van der Waals surface area contributed by atoms with Crippen molar-refractivity contribution < 1.29 is 14.3 Å². The molecule has 0 spiro atoms. The van der Waals surface area contributed by atoms with Gasteiger partial charge in [0.25, 0.3) is 0 Å². The van der Waals surface area contributed by atoms with Crippen molar-refractivity contribution in [1.82, 2.24) is 5.32 Å². The number of hydrogen-bond acceptors (Lipinski definition) is 3. The van der Waals surface area contributed by atoms with Gasteiger partial charge in [-0.3, -0.25) is 9.59 Å². The lowest BCUT2D eigenvalue weighted by molar-refractivity contribution is -0.149. The fourth-order valence-corrected chi connectivity index (χ4v) is 1.09. The molecule has 0 saturated heterocycles. The quantitative estimate of drug-likeness (QED) is 0.674. The van der Waals surface area contributed by atoms with Crippen LogP contribution >= 0.6 is 0 Å². The first kappa shape index (κ1) is 12.9. The molecule has 0 unspecified atom stereocenters. The molecule has 0 fully saturated rings. The fourth-order valence-electron chi connectivity index (χ4n) is 1.09. The third-order valence-corrected chi connectivity index (χ3v) is 1.97. The van der Waals surface area contributed by atoms with Crippen LogP contribution in [0, 0.1) is 11.8 Å². The number of nitrogens with one attached hydrogen (secondary N) is 1. The third-order valence-electron chi connectivity index (χ3n) is 1.97. The van der Waals surface area contributed by atoms with Gasteiger partial charge in [-0.25, -0.2) is 0 Å². The molecule has 0 rings (SSSR count). The zero-order valence-corrected chi connectivity index (χ0v) is 9.29. The predicted octanol–water partition coefficient (Wildman–Crippen LogP) is 0.958. The Morgan fingerprint density at radius 2 is 1.93 bits per heavy atom. The van der Waals surface area contributed by atoms with Crippen molar-refractivity contribution in [2.45, 2.75) is 27.7 Å². The van der Waals surface area contributed by atoms with Crippen molar-refractivity contribution in [1.29, 1.82) is 0 Å². The molecule has 0 aliphatic rings. The number of esters is 1. The number of hydrogen-bond donors (Lipinski definition) is 1. The van der Waals surface area contributed by atoms with Crippen LogP contribution in [0.5, 0.6) is 0 Å². The zero-order chi connectivity index (χ0) is 11.1. The Labute approximate surface area is 85.0 Å². The van der Waals surface area contributed by atoms with E-state index < -0.39 is 0 Å². The minimum Gasteiger partial charge on any atom is -0.466 e. The van der Waals surface area contributed by atoms with E-state index in [9.17, 15) is 9.59 Å². The molecule has 0 bridgehead atoms. The van der Waals surface area contributed by atoms with Crippen LogP contribution in [0.4, 0.5) is 0 Å². The van der Waals surface area contributed by atoms with E-state index in [2.05, 4.69) is 5.32 Å². The highest BCUT2D eigenvalue weighted by Crippen LogP contribution is 2.11. The number of carbonyl (C=O) groups excluding carboxylic acids is 2. The zero-order valence-electron chi connectivity index (χ0n) is 9.29. The van der Waals surface area contributed by atoms with Crippen LogP contribution in [0.25, 0.3) is 0 Å². The minimum atomic E-state index is -0.251. The van der Waals surface area contributed by atoms with Gasteiger partial charge < -0.3 is 10.1 Å². The van der Waals surface area contributed by atoms with Gasteiger partial charge >= 0.3 is 5.97 Å². The molecule has 1 amide bonds. The van der Waals surface area contributed by atoms with Crippen molar-refractivity contribution in [2.24, 2.45) is 11.8 Å². The molecule has 0 saturated carbocycles. The van der Waals surface area contributed by atoms with Gasteiger partial charge in [-0.2, -0.15) is 0 Å². The van der Waals surface area contributed by atoms with Crippen LogP contribution in [0.15, 0.2) is 0 Å². The van der Waals surface area contributed by atoms with Gasteiger partial charge in [-0.05, 0) is 12.8 Å². The van der Waals surface area contributed by atoms with Crippen LogP contribution in [-0.4, -0.2) is 25.0 Å². The Hall–Kier alpha value is -1.06. The van der Waals surface area contributed by atoms with E-state index in [-0.39, 0.29) is 23.7 Å². The molecule has 1 N–H and O–H groups in total. The summed E-state index contributed by atoms with van der Waals surface area (Å²) in [5.74, 6) is -0.448. The minimum absolute atomic E-state index is 0.125. The highest BCUT2D eigenvalue weighted by molar-refractivity contribution is 5.76. The molecule has 0 aliphatic heterocycles. The van der Waals surface area contributed by atoms with Crippen LogP contribution < -0.4 is 5.32 Å². The van der Waals surface area contributed by atoms with Crippen LogP contribution in [0.3, 0.4) is 0 Å². The van der Waals surface area contributed by atoms with Crippen LogP contribution in [0.1, 0.15) is 27.7 Å². The normalized spacial score (nSPS) is 12.4. The molecule has 82 valence electrons. The van der Waals surface area contributed by atoms with Gasteiger partial charge in [0.05, 0.1) is 12.5 Å².